The average Bonchev–Trinajstić information content (AvgIpc) is 3.02. The van der Waals surface area contributed by atoms with Gasteiger partial charge in [0.25, 0.3) is 5.91 Å². The van der Waals surface area contributed by atoms with E-state index in [2.05, 4.69) is 10.6 Å². The molecule has 2 N–H and O–H groups in total. The van der Waals surface area contributed by atoms with Gasteiger partial charge >= 0.3 is 0 Å². The molecule has 0 bridgehead atoms. The number of halogens is 1. The first-order valence-corrected chi connectivity index (χ1v) is 8.21. The highest BCUT2D eigenvalue weighted by Gasteiger charge is 2.34. The van der Waals surface area contributed by atoms with Gasteiger partial charge in [-0.1, -0.05) is 24.3 Å². The lowest BCUT2D eigenvalue weighted by molar-refractivity contribution is 0.0952. The van der Waals surface area contributed by atoms with Crippen LogP contribution in [-0.4, -0.2) is 25.5 Å². The molecule has 0 unspecified atom stereocenters. The zero-order valence-electron chi connectivity index (χ0n) is 13.2. The number of ether oxygens (including phenoxy) is 1. The first-order chi connectivity index (χ1) is 11.7. The Kier molecular flexibility index (Phi) is 3.94. The maximum absolute atomic E-state index is 13.7. The summed E-state index contributed by atoms with van der Waals surface area (Å²) in [6, 6.07) is 12.1. The van der Waals surface area contributed by atoms with Gasteiger partial charge in [-0.15, -0.1) is 0 Å². The van der Waals surface area contributed by atoms with Gasteiger partial charge < -0.3 is 15.4 Å². The number of hydrogen-bond donors (Lipinski definition) is 2. The number of hydrogen-bond acceptors (Lipinski definition) is 3. The van der Waals surface area contributed by atoms with E-state index in [-0.39, 0.29) is 18.3 Å². The summed E-state index contributed by atoms with van der Waals surface area (Å²) in [5.74, 6) is 1.01. The summed E-state index contributed by atoms with van der Waals surface area (Å²) in [4.78, 5) is 12.4. The minimum Gasteiger partial charge on any atom is -0.489 e. The molecule has 5 heteroatoms. The molecule has 2 aliphatic heterocycles. The fraction of sp³-hybridized carbons (Fsp3) is 0.316. The average molecular weight is 326 g/mol. The Labute approximate surface area is 140 Å². The van der Waals surface area contributed by atoms with E-state index in [9.17, 15) is 9.18 Å². The molecule has 1 fully saturated rings. The molecule has 1 saturated heterocycles. The van der Waals surface area contributed by atoms with Crippen molar-refractivity contribution in [2.75, 3.05) is 19.6 Å². The highest BCUT2D eigenvalue weighted by atomic mass is 19.1. The number of carbonyl (C=O) groups is 1. The highest BCUT2D eigenvalue weighted by Crippen LogP contribution is 2.34. The summed E-state index contributed by atoms with van der Waals surface area (Å²) in [6.07, 6.45) is 0. The van der Waals surface area contributed by atoms with Crippen molar-refractivity contribution in [1.29, 1.82) is 0 Å². The third-order valence-corrected chi connectivity index (χ3v) is 4.89. The van der Waals surface area contributed by atoms with Crippen LogP contribution in [0.25, 0.3) is 0 Å². The molecule has 0 saturated carbocycles. The molecule has 1 amide bonds. The van der Waals surface area contributed by atoms with Gasteiger partial charge in [-0.3, -0.25) is 4.79 Å². The SMILES string of the molecule is O=C1NC[C@@H]2CNC[C@H]2c2ccc(OCc3ccccc3F)cc21. The topological polar surface area (TPSA) is 50.4 Å². The number of carbonyl (C=O) groups excluding carboxylic acids is 1. The monoisotopic (exact) mass is 326 g/mol. The second-order valence-electron chi connectivity index (χ2n) is 6.36. The number of nitrogens with one attached hydrogen (secondary N) is 2. The van der Waals surface area contributed by atoms with Gasteiger partial charge in [-0.25, -0.2) is 4.39 Å². The number of rotatable bonds is 3. The predicted octanol–water partition coefficient (Wildman–Crippen LogP) is 2.45. The van der Waals surface area contributed by atoms with Gasteiger partial charge in [-0.2, -0.15) is 0 Å². The Morgan fingerprint density at radius 2 is 2.00 bits per heavy atom. The molecular formula is C19H19FN2O2. The maximum atomic E-state index is 13.7. The Morgan fingerprint density at radius 1 is 1.12 bits per heavy atom. The van der Waals surface area contributed by atoms with Gasteiger partial charge in [0, 0.05) is 36.7 Å². The molecule has 24 heavy (non-hydrogen) atoms. The Hall–Kier alpha value is -2.40. The van der Waals surface area contributed by atoms with Crippen molar-refractivity contribution >= 4 is 5.91 Å². The molecule has 4 rings (SSSR count). The van der Waals surface area contributed by atoms with Crippen LogP contribution in [0.5, 0.6) is 5.75 Å². The van der Waals surface area contributed by atoms with E-state index in [1.165, 1.54) is 6.07 Å². The van der Waals surface area contributed by atoms with Gasteiger partial charge in [0.05, 0.1) is 0 Å². The molecule has 2 atom stereocenters. The number of benzene rings is 2. The Bertz CT molecular complexity index is 778. The first-order valence-electron chi connectivity index (χ1n) is 8.21. The first kappa shape index (κ1) is 15.1. The molecule has 2 aromatic carbocycles. The van der Waals surface area contributed by atoms with E-state index >= 15 is 0 Å². The molecule has 2 heterocycles. The fourth-order valence-electron chi connectivity index (χ4n) is 3.55. The largest absolute Gasteiger partial charge is 0.489 e. The van der Waals surface area contributed by atoms with Crippen LogP contribution in [-0.2, 0) is 6.61 Å². The number of fused-ring (bicyclic) bond motifs is 3. The Balaban J connectivity index is 1.58. The van der Waals surface area contributed by atoms with Crippen LogP contribution in [0.4, 0.5) is 4.39 Å². The van der Waals surface area contributed by atoms with Gasteiger partial charge in [0.1, 0.15) is 18.2 Å². The second-order valence-corrected chi connectivity index (χ2v) is 6.36. The third kappa shape index (κ3) is 2.76. The lowest BCUT2D eigenvalue weighted by atomic mass is 9.87. The van der Waals surface area contributed by atoms with Gasteiger partial charge in [-0.05, 0) is 29.7 Å². The lowest BCUT2D eigenvalue weighted by Gasteiger charge is -2.17. The quantitative estimate of drug-likeness (QED) is 0.911. The predicted molar refractivity (Wildman–Crippen MR) is 88.6 cm³/mol. The summed E-state index contributed by atoms with van der Waals surface area (Å²) < 4.78 is 19.4. The van der Waals surface area contributed by atoms with Crippen molar-refractivity contribution in [3.8, 4) is 5.75 Å². The molecule has 4 nitrogen and oxygen atoms in total. The normalized spacial score (nSPS) is 22.3. The van der Waals surface area contributed by atoms with Crippen LogP contribution in [0.3, 0.4) is 0 Å². The van der Waals surface area contributed by atoms with E-state index in [0.717, 1.165) is 18.7 Å². The van der Waals surface area contributed by atoms with Crippen LogP contribution >= 0.6 is 0 Å². The summed E-state index contributed by atoms with van der Waals surface area (Å²) in [5.41, 5.74) is 2.23. The van der Waals surface area contributed by atoms with Crippen molar-refractivity contribution in [3.05, 3.63) is 65.0 Å². The number of amides is 1. The van der Waals surface area contributed by atoms with Crippen molar-refractivity contribution in [2.45, 2.75) is 12.5 Å². The van der Waals surface area contributed by atoms with E-state index in [1.54, 1.807) is 24.3 Å². The zero-order valence-corrected chi connectivity index (χ0v) is 13.2. The van der Waals surface area contributed by atoms with Crippen LogP contribution in [0.1, 0.15) is 27.4 Å². The van der Waals surface area contributed by atoms with E-state index in [0.29, 0.717) is 35.3 Å². The third-order valence-electron chi connectivity index (χ3n) is 4.89. The van der Waals surface area contributed by atoms with Crippen LogP contribution in [0, 0.1) is 11.7 Å². The summed E-state index contributed by atoms with van der Waals surface area (Å²) in [7, 11) is 0. The smallest absolute Gasteiger partial charge is 0.251 e. The maximum Gasteiger partial charge on any atom is 0.251 e. The van der Waals surface area contributed by atoms with Crippen molar-refractivity contribution in [3.63, 3.8) is 0 Å². The van der Waals surface area contributed by atoms with E-state index < -0.39 is 0 Å². The molecule has 0 spiro atoms. The lowest BCUT2D eigenvalue weighted by Crippen LogP contribution is -2.28. The highest BCUT2D eigenvalue weighted by molar-refractivity contribution is 5.96. The summed E-state index contributed by atoms with van der Waals surface area (Å²) in [5, 5.41) is 6.38. The van der Waals surface area contributed by atoms with Crippen molar-refractivity contribution < 1.29 is 13.9 Å². The Morgan fingerprint density at radius 3 is 2.88 bits per heavy atom. The molecule has 0 aromatic heterocycles. The minimum absolute atomic E-state index is 0.0595. The van der Waals surface area contributed by atoms with Crippen LogP contribution < -0.4 is 15.4 Å². The minimum atomic E-state index is -0.287. The molecule has 2 aromatic rings. The standard InChI is InChI=1S/C19H19FN2O2/c20-18-4-2-1-3-12(18)11-24-14-5-6-15-16(7-14)19(23)22-9-13-8-21-10-17(13)15/h1-7,13,17,21H,8-11H2,(H,22,23)/t13-,17+/m0/s1. The summed E-state index contributed by atoms with van der Waals surface area (Å²) >= 11 is 0. The zero-order chi connectivity index (χ0) is 16.5. The molecular weight excluding hydrogens is 307 g/mol. The molecule has 0 aliphatic carbocycles. The van der Waals surface area contributed by atoms with Crippen molar-refractivity contribution in [2.24, 2.45) is 5.92 Å². The van der Waals surface area contributed by atoms with E-state index in [1.807, 2.05) is 12.1 Å². The molecule has 2 aliphatic rings. The van der Waals surface area contributed by atoms with Crippen LogP contribution in [0.2, 0.25) is 0 Å². The fourth-order valence-corrected chi connectivity index (χ4v) is 3.55. The summed E-state index contributed by atoms with van der Waals surface area (Å²) in [6.45, 7) is 2.65. The van der Waals surface area contributed by atoms with Crippen molar-refractivity contribution in [1.82, 2.24) is 10.6 Å². The van der Waals surface area contributed by atoms with E-state index in [4.69, 9.17) is 4.74 Å². The molecule has 124 valence electrons. The second kappa shape index (κ2) is 6.24. The van der Waals surface area contributed by atoms with Gasteiger partial charge in [0.2, 0.25) is 0 Å². The van der Waals surface area contributed by atoms with Crippen LogP contribution in [0.15, 0.2) is 42.5 Å². The van der Waals surface area contributed by atoms with Gasteiger partial charge in [0.15, 0.2) is 0 Å². The molecule has 0 radical (unpaired) electrons.